The summed E-state index contributed by atoms with van der Waals surface area (Å²) in [4.78, 5) is 19.1. The molecule has 3 fully saturated rings. The number of halogens is 4. The van der Waals surface area contributed by atoms with Gasteiger partial charge in [-0.05, 0) is 81.1 Å². The number of carbonyl (C=O) groups excluding carboxylic acids is 1. The maximum Gasteiger partial charge on any atom is 0.416 e. The van der Waals surface area contributed by atoms with E-state index in [2.05, 4.69) is 15.1 Å². The van der Waals surface area contributed by atoms with Crippen molar-refractivity contribution in [2.45, 2.75) is 69.2 Å². The van der Waals surface area contributed by atoms with Crippen LogP contribution in [-0.2, 0) is 18.1 Å². The zero-order chi connectivity index (χ0) is 30.6. The van der Waals surface area contributed by atoms with Gasteiger partial charge in [-0.1, -0.05) is 46.5 Å². The summed E-state index contributed by atoms with van der Waals surface area (Å²) < 4.78 is 56.9. The maximum absolute atomic E-state index is 15.3. The van der Waals surface area contributed by atoms with Crippen LogP contribution in [0.2, 0.25) is 0 Å². The highest BCUT2D eigenvalue weighted by Gasteiger charge is 2.38. The van der Waals surface area contributed by atoms with Crippen LogP contribution in [0.4, 0.5) is 17.6 Å². The Kier molecular flexibility index (Phi) is 10.4. The van der Waals surface area contributed by atoms with Crippen LogP contribution in [-0.4, -0.2) is 90.2 Å². The fourth-order valence-corrected chi connectivity index (χ4v) is 6.83. The van der Waals surface area contributed by atoms with Gasteiger partial charge in [-0.3, -0.25) is 19.6 Å². The van der Waals surface area contributed by atoms with Gasteiger partial charge in [-0.25, -0.2) is 9.40 Å². The lowest BCUT2D eigenvalue weighted by Crippen LogP contribution is -2.58. The van der Waals surface area contributed by atoms with E-state index in [4.69, 9.17) is 0 Å². The molecular formula is C32H44F4N5OP. The highest BCUT2D eigenvalue weighted by atomic mass is 31.0. The molecule has 0 aromatic heterocycles. The van der Waals surface area contributed by atoms with Crippen LogP contribution in [0.1, 0.15) is 66.1 Å². The van der Waals surface area contributed by atoms with Gasteiger partial charge >= 0.3 is 6.18 Å². The van der Waals surface area contributed by atoms with Crippen molar-refractivity contribution in [1.82, 2.24) is 25.1 Å². The third kappa shape index (κ3) is 7.95. The summed E-state index contributed by atoms with van der Waals surface area (Å²) in [7, 11) is 2.00. The number of nitrogens with zero attached hydrogens (tertiary/aromatic N) is 4. The number of amides is 1. The monoisotopic (exact) mass is 621 g/mol. The van der Waals surface area contributed by atoms with E-state index >= 15 is 4.39 Å². The molecule has 1 N–H and O–H groups in total. The first-order valence-corrected chi connectivity index (χ1v) is 16.1. The largest absolute Gasteiger partial charge is 0.416 e. The van der Waals surface area contributed by atoms with E-state index in [0.29, 0.717) is 25.7 Å². The molecule has 5 rings (SSSR count). The molecular weight excluding hydrogens is 577 g/mol. The summed E-state index contributed by atoms with van der Waals surface area (Å²) >= 11 is 0. The van der Waals surface area contributed by atoms with Crippen molar-refractivity contribution in [3.63, 3.8) is 0 Å². The molecule has 4 unspecified atom stereocenters. The van der Waals surface area contributed by atoms with Crippen molar-refractivity contribution < 1.29 is 22.4 Å². The molecule has 3 aliphatic rings. The molecule has 1 amide bonds. The number of hydrazine groups is 1. The number of hydrogen-bond acceptors (Lipinski definition) is 5. The van der Waals surface area contributed by atoms with E-state index in [9.17, 15) is 18.0 Å². The van der Waals surface area contributed by atoms with Crippen LogP contribution >= 0.6 is 9.24 Å². The van der Waals surface area contributed by atoms with Gasteiger partial charge in [-0.15, -0.1) is 0 Å². The Hall–Kier alpha value is -2.10. The summed E-state index contributed by atoms with van der Waals surface area (Å²) in [6.07, 6.45) is -0.499. The average Bonchev–Trinajstić information content (AvgIpc) is 3.28. The SMILES string of the molecule is CCC(F)(P)c1cc(C(=O)N2CCC(N3CCCN(C4CCCNC4)CC3)CN2Cc2ccccc2)cc(C(F)(F)F)c1. The second-order valence-electron chi connectivity index (χ2n) is 12.1. The molecule has 236 valence electrons. The van der Waals surface area contributed by atoms with E-state index < -0.39 is 23.1 Å². The first-order chi connectivity index (χ1) is 20.5. The minimum atomic E-state index is -4.70. The molecule has 0 spiro atoms. The van der Waals surface area contributed by atoms with E-state index in [1.807, 2.05) is 44.6 Å². The number of rotatable bonds is 7. The lowest BCUT2D eigenvalue weighted by molar-refractivity contribution is -0.137. The van der Waals surface area contributed by atoms with Gasteiger partial charge in [0.15, 0.2) is 0 Å². The van der Waals surface area contributed by atoms with Crippen molar-refractivity contribution in [2.24, 2.45) is 0 Å². The number of benzene rings is 2. The standard InChI is InChI=1S/C32H44F4N5OP/c1-2-31(33,43)26-18-25(19-27(20-26)32(34,35)36)30(42)41-15-11-29(23-40(41)22-24-8-4-3-5-9-24)39-14-7-13-38(16-17-39)28-10-6-12-37-21-28/h3-5,8-9,18-20,28-29,37H,2,6-7,10-17,21-23,43H2,1H3. The Morgan fingerprint density at radius 3 is 2.26 bits per heavy atom. The Balaban J connectivity index is 1.37. The summed E-state index contributed by atoms with van der Waals surface area (Å²) in [5.74, 6) is -0.537. The van der Waals surface area contributed by atoms with Crippen LogP contribution in [0.3, 0.4) is 0 Å². The first kappa shape index (κ1) is 32.3. The van der Waals surface area contributed by atoms with E-state index in [-0.39, 0.29) is 23.6 Å². The van der Waals surface area contributed by atoms with Gasteiger partial charge in [0.05, 0.1) is 5.56 Å². The van der Waals surface area contributed by atoms with E-state index in [0.717, 1.165) is 69.8 Å². The molecule has 2 aromatic rings. The van der Waals surface area contributed by atoms with Gasteiger partial charge in [0.2, 0.25) is 0 Å². The minimum absolute atomic E-state index is 0.0390. The van der Waals surface area contributed by atoms with Gasteiger partial charge in [0.25, 0.3) is 5.91 Å². The summed E-state index contributed by atoms with van der Waals surface area (Å²) in [6, 6.07) is 13.5. The third-order valence-corrected chi connectivity index (χ3v) is 9.99. The van der Waals surface area contributed by atoms with Gasteiger partial charge in [0.1, 0.15) is 5.41 Å². The van der Waals surface area contributed by atoms with Crippen molar-refractivity contribution in [3.05, 3.63) is 70.8 Å². The molecule has 4 atom stereocenters. The Bertz CT molecular complexity index is 1220. The molecule has 0 saturated carbocycles. The molecule has 0 radical (unpaired) electrons. The number of carbonyl (C=O) groups is 1. The molecule has 6 nitrogen and oxygen atoms in total. The normalized spacial score (nSPS) is 24.8. The molecule has 2 aromatic carbocycles. The van der Waals surface area contributed by atoms with Crippen LogP contribution < -0.4 is 5.32 Å². The summed E-state index contributed by atoms with van der Waals surface area (Å²) in [6.45, 7) is 9.14. The summed E-state index contributed by atoms with van der Waals surface area (Å²) in [5.41, 5.74) is -0.315. The molecule has 3 aliphatic heterocycles. The van der Waals surface area contributed by atoms with Crippen LogP contribution in [0, 0.1) is 0 Å². The fraction of sp³-hybridized carbons (Fsp3) is 0.594. The molecule has 0 bridgehead atoms. The minimum Gasteiger partial charge on any atom is -0.315 e. The average molecular weight is 622 g/mol. The van der Waals surface area contributed by atoms with Crippen molar-refractivity contribution in [3.8, 4) is 0 Å². The topological polar surface area (TPSA) is 42.1 Å². The van der Waals surface area contributed by atoms with Gasteiger partial charge in [0, 0.05) is 56.9 Å². The second-order valence-corrected chi connectivity index (χ2v) is 13.1. The molecule has 3 saturated heterocycles. The van der Waals surface area contributed by atoms with Gasteiger partial charge < -0.3 is 5.32 Å². The Labute approximate surface area is 254 Å². The maximum atomic E-state index is 15.3. The second kappa shape index (κ2) is 13.9. The van der Waals surface area contributed by atoms with E-state index in [1.54, 1.807) is 11.9 Å². The lowest BCUT2D eigenvalue weighted by Gasteiger charge is -2.45. The number of alkyl halides is 4. The number of nitrogens with one attached hydrogen (secondary N) is 1. The van der Waals surface area contributed by atoms with Crippen LogP contribution in [0.25, 0.3) is 0 Å². The highest BCUT2D eigenvalue weighted by Crippen LogP contribution is 2.40. The number of hydrogen-bond donors (Lipinski definition) is 1. The smallest absolute Gasteiger partial charge is 0.315 e. The lowest BCUT2D eigenvalue weighted by atomic mass is 9.99. The third-order valence-electron chi connectivity index (χ3n) is 9.25. The summed E-state index contributed by atoms with van der Waals surface area (Å²) in [5, 5.41) is 5.01. The molecule has 43 heavy (non-hydrogen) atoms. The fourth-order valence-electron chi connectivity index (χ4n) is 6.66. The number of piperidine rings is 1. The predicted molar refractivity (Wildman–Crippen MR) is 164 cm³/mol. The molecule has 3 heterocycles. The van der Waals surface area contributed by atoms with Crippen molar-refractivity contribution in [1.29, 1.82) is 0 Å². The van der Waals surface area contributed by atoms with Crippen LogP contribution in [0.15, 0.2) is 48.5 Å². The van der Waals surface area contributed by atoms with Gasteiger partial charge in [-0.2, -0.15) is 13.2 Å². The quantitative estimate of drug-likeness (QED) is 0.327. The van der Waals surface area contributed by atoms with E-state index in [1.165, 1.54) is 18.9 Å². The Morgan fingerprint density at radius 1 is 0.907 bits per heavy atom. The zero-order valence-corrected chi connectivity index (χ0v) is 26.1. The predicted octanol–water partition coefficient (Wildman–Crippen LogP) is 5.50. The van der Waals surface area contributed by atoms with Crippen molar-refractivity contribution in [2.75, 3.05) is 52.4 Å². The first-order valence-electron chi connectivity index (χ1n) is 15.5. The highest BCUT2D eigenvalue weighted by molar-refractivity contribution is 7.18. The molecule has 0 aliphatic carbocycles. The zero-order valence-electron chi connectivity index (χ0n) is 25.0. The van der Waals surface area contributed by atoms with Crippen molar-refractivity contribution >= 4 is 15.1 Å². The Morgan fingerprint density at radius 2 is 1.60 bits per heavy atom. The van der Waals surface area contributed by atoms with Crippen LogP contribution in [0.5, 0.6) is 0 Å². The molecule has 11 heteroatoms.